The molecule has 1 N–H and O–H groups in total. The number of carbonyl (C=O) groups is 3. The van der Waals surface area contributed by atoms with Gasteiger partial charge in [0, 0.05) is 16.3 Å². The molecule has 2 aromatic carbocycles. The van der Waals surface area contributed by atoms with Crippen LogP contribution in [0.3, 0.4) is 0 Å². The van der Waals surface area contributed by atoms with Crippen molar-refractivity contribution in [2.24, 2.45) is 0 Å². The summed E-state index contributed by atoms with van der Waals surface area (Å²) < 4.78 is 16.3. The normalized spacial score (nSPS) is 20.3. The van der Waals surface area contributed by atoms with Crippen LogP contribution < -0.4 is 4.74 Å². The summed E-state index contributed by atoms with van der Waals surface area (Å²) in [5, 5.41) is 11.8. The monoisotopic (exact) mass is 399 g/mol. The fourth-order valence-electron chi connectivity index (χ4n) is 3.93. The number of hydrogen-bond donors (Lipinski definition) is 1. The van der Waals surface area contributed by atoms with Crippen molar-refractivity contribution < 1.29 is 33.7 Å². The van der Waals surface area contributed by atoms with Gasteiger partial charge in [0.2, 0.25) is 5.91 Å². The second kappa shape index (κ2) is 6.37. The quantitative estimate of drug-likeness (QED) is 0.734. The van der Waals surface area contributed by atoms with Gasteiger partial charge < -0.3 is 19.3 Å². The number of rotatable bonds is 1. The Bertz CT molecular complexity index is 1050. The number of amides is 2. The zero-order valence-electron chi connectivity index (χ0n) is 16.5. The maximum atomic E-state index is 12.8. The topological polar surface area (TPSA) is 102 Å². The third-order valence-corrected chi connectivity index (χ3v) is 5.00. The van der Waals surface area contributed by atoms with Crippen LogP contribution in [0.1, 0.15) is 49.2 Å². The van der Waals surface area contributed by atoms with Gasteiger partial charge in [-0.3, -0.25) is 4.79 Å². The molecule has 8 nitrogen and oxygen atoms in total. The number of likely N-dealkylation sites (tertiary alicyclic amines) is 1. The Hall–Kier alpha value is -3.29. The summed E-state index contributed by atoms with van der Waals surface area (Å²) >= 11 is 0. The molecule has 0 aromatic heterocycles. The van der Waals surface area contributed by atoms with Crippen LogP contribution >= 0.6 is 0 Å². The number of imide groups is 1. The number of aromatic hydroxyl groups is 1. The van der Waals surface area contributed by atoms with Crippen LogP contribution in [0.15, 0.2) is 24.3 Å². The SMILES string of the molecule is COC(=O)c1c2c(c3ccccc3c1O)O[C@H]1CC(=O)N(C(=O)OC(C)(C)C)[C@@H]21. The molecule has 2 aliphatic rings. The summed E-state index contributed by atoms with van der Waals surface area (Å²) in [5.74, 6) is -1.17. The molecule has 0 saturated carbocycles. The number of nitrogens with zero attached hydrogens (tertiary/aromatic N) is 1. The van der Waals surface area contributed by atoms with Crippen molar-refractivity contribution in [3.63, 3.8) is 0 Å². The maximum Gasteiger partial charge on any atom is 0.417 e. The number of esters is 1. The average molecular weight is 399 g/mol. The molecule has 0 bridgehead atoms. The zero-order chi connectivity index (χ0) is 21.1. The van der Waals surface area contributed by atoms with Gasteiger partial charge in [-0.1, -0.05) is 24.3 Å². The summed E-state index contributed by atoms with van der Waals surface area (Å²) in [4.78, 5) is 38.9. The van der Waals surface area contributed by atoms with Crippen molar-refractivity contribution >= 4 is 28.7 Å². The number of carbonyl (C=O) groups excluding carboxylic acids is 3. The van der Waals surface area contributed by atoms with E-state index in [2.05, 4.69) is 0 Å². The second-order valence-corrected chi connectivity index (χ2v) is 8.05. The van der Waals surface area contributed by atoms with E-state index in [1.807, 2.05) is 0 Å². The van der Waals surface area contributed by atoms with Crippen LogP contribution in [0.4, 0.5) is 4.79 Å². The van der Waals surface area contributed by atoms with Crippen LogP contribution in [-0.2, 0) is 14.3 Å². The lowest BCUT2D eigenvalue weighted by molar-refractivity contribution is -0.128. The van der Waals surface area contributed by atoms with E-state index in [-0.39, 0.29) is 23.3 Å². The fourth-order valence-corrected chi connectivity index (χ4v) is 3.93. The Labute approximate surface area is 166 Å². The van der Waals surface area contributed by atoms with Gasteiger partial charge in [0.1, 0.15) is 34.8 Å². The molecule has 0 aliphatic carbocycles. The van der Waals surface area contributed by atoms with Crippen LogP contribution in [0, 0.1) is 0 Å². The number of fused-ring (bicyclic) bond motifs is 5. The predicted molar refractivity (Wildman–Crippen MR) is 102 cm³/mol. The summed E-state index contributed by atoms with van der Waals surface area (Å²) in [5.41, 5.74) is -0.666. The van der Waals surface area contributed by atoms with Crippen LogP contribution in [-0.4, -0.2) is 46.8 Å². The van der Waals surface area contributed by atoms with Gasteiger partial charge >= 0.3 is 12.1 Å². The molecule has 2 atom stereocenters. The molecular formula is C21H21NO7. The van der Waals surface area contributed by atoms with Gasteiger partial charge in [-0.25, -0.2) is 14.5 Å². The Morgan fingerprint density at radius 3 is 2.48 bits per heavy atom. The number of benzene rings is 2. The Kier molecular flexibility index (Phi) is 4.18. The lowest BCUT2D eigenvalue weighted by Crippen LogP contribution is -2.39. The Morgan fingerprint density at radius 1 is 1.21 bits per heavy atom. The maximum absolute atomic E-state index is 12.8. The molecule has 0 unspecified atom stereocenters. The van der Waals surface area contributed by atoms with Crippen molar-refractivity contribution in [2.75, 3.05) is 7.11 Å². The smallest absolute Gasteiger partial charge is 0.417 e. The molecule has 4 rings (SSSR count). The Morgan fingerprint density at radius 2 is 1.86 bits per heavy atom. The van der Waals surface area contributed by atoms with Crippen LogP contribution in [0.5, 0.6) is 11.5 Å². The number of methoxy groups -OCH3 is 1. The van der Waals surface area contributed by atoms with Gasteiger partial charge in [0.25, 0.3) is 0 Å². The van der Waals surface area contributed by atoms with Crippen molar-refractivity contribution in [1.29, 1.82) is 0 Å². The minimum atomic E-state index is -0.892. The molecule has 1 saturated heterocycles. The molecule has 2 aromatic rings. The summed E-state index contributed by atoms with van der Waals surface area (Å²) in [6.45, 7) is 5.09. The van der Waals surface area contributed by atoms with Crippen LogP contribution in [0.2, 0.25) is 0 Å². The van der Waals surface area contributed by atoms with E-state index in [0.29, 0.717) is 16.5 Å². The fraction of sp³-hybridized carbons (Fsp3) is 0.381. The number of phenols is 1. The molecule has 29 heavy (non-hydrogen) atoms. The van der Waals surface area contributed by atoms with Crippen molar-refractivity contribution in [3.05, 3.63) is 35.4 Å². The van der Waals surface area contributed by atoms with Gasteiger partial charge in [-0.2, -0.15) is 0 Å². The Balaban J connectivity index is 1.94. The van der Waals surface area contributed by atoms with E-state index >= 15 is 0 Å². The van der Waals surface area contributed by atoms with E-state index in [9.17, 15) is 19.5 Å². The first-order chi connectivity index (χ1) is 13.6. The zero-order valence-corrected chi connectivity index (χ0v) is 16.5. The summed E-state index contributed by atoms with van der Waals surface area (Å²) in [7, 11) is 1.20. The number of ether oxygens (including phenoxy) is 3. The third-order valence-electron chi connectivity index (χ3n) is 5.00. The molecule has 152 valence electrons. The highest BCUT2D eigenvalue weighted by atomic mass is 16.6. The van der Waals surface area contributed by atoms with E-state index in [1.165, 1.54) is 7.11 Å². The molecule has 2 aliphatic heterocycles. The first-order valence-corrected chi connectivity index (χ1v) is 9.21. The highest BCUT2D eigenvalue weighted by Gasteiger charge is 2.54. The lowest BCUT2D eigenvalue weighted by atomic mass is 9.93. The van der Waals surface area contributed by atoms with Crippen molar-refractivity contribution in [2.45, 2.75) is 44.9 Å². The molecular weight excluding hydrogens is 378 g/mol. The second-order valence-electron chi connectivity index (χ2n) is 8.05. The van der Waals surface area contributed by atoms with Gasteiger partial charge in [0.05, 0.1) is 13.5 Å². The van der Waals surface area contributed by atoms with Gasteiger partial charge in [-0.15, -0.1) is 0 Å². The van der Waals surface area contributed by atoms with E-state index in [1.54, 1.807) is 45.0 Å². The molecule has 1 fully saturated rings. The highest BCUT2D eigenvalue weighted by Crippen LogP contribution is 2.53. The summed E-state index contributed by atoms with van der Waals surface area (Å²) in [6, 6.07) is 6.01. The minimum absolute atomic E-state index is 0.0473. The standard InChI is InChI=1S/C21H21NO7/c1-21(2,3)29-20(26)22-13(23)9-12-16(22)14-15(19(25)27-4)17(24)10-7-5-6-8-11(10)18(14)28-12/h5-8,12,16,24H,9H2,1-4H3/t12-,16+/m0/s1. The van der Waals surface area contributed by atoms with Crippen molar-refractivity contribution in [3.8, 4) is 11.5 Å². The first-order valence-electron chi connectivity index (χ1n) is 9.21. The van der Waals surface area contributed by atoms with Gasteiger partial charge in [-0.05, 0) is 20.8 Å². The predicted octanol–water partition coefficient (Wildman–Crippen LogP) is 3.30. The average Bonchev–Trinajstić information content (AvgIpc) is 3.15. The largest absolute Gasteiger partial charge is 0.506 e. The van der Waals surface area contributed by atoms with E-state index < -0.39 is 35.7 Å². The number of hydrogen-bond acceptors (Lipinski definition) is 7. The van der Waals surface area contributed by atoms with E-state index in [0.717, 1.165) is 4.90 Å². The number of phenolic OH excluding ortho intramolecular Hbond substituents is 1. The lowest BCUT2D eigenvalue weighted by Gasteiger charge is -2.27. The third kappa shape index (κ3) is 2.86. The first kappa shape index (κ1) is 19.0. The molecule has 8 heteroatoms. The molecule has 2 heterocycles. The summed E-state index contributed by atoms with van der Waals surface area (Å²) in [6.07, 6.45) is -1.55. The minimum Gasteiger partial charge on any atom is -0.506 e. The van der Waals surface area contributed by atoms with Gasteiger partial charge in [0.15, 0.2) is 0 Å². The highest BCUT2D eigenvalue weighted by molar-refractivity contribution is 6.07. The van der Waals surface area contributed by atoms with Crippen LogP contribution in [0.25, 0.3) is 10.8 Å². The van der Waals surface area contributed by atoms with Crippen molar-refractivity contribution in [1.82, 2.24) is 4.90 Å². The molecule has 2 amide bonds. The molecule has 0 spiro atoms. The molecule has 0 radical (unpaired) electrons. The van der Waals surface area contributed by atoms with E-state index in [4.69, 9.17) is 14.2 Å².